The summed E-state index contributed by atoms with van der Waals surface area (Å²) in [7, 11) is 0. The molecule has 4 rings (SSSR count). The summed E-state index contributed by atoms with van der Waals surface area (Å²) in [4.78, 5) is 11.1. The first-order chi connectivity index (χ1) is 16.8. The van der Waals surface area contributed by atoms with E-state index < -0.39 is 40.0 Å². The number of pyridine rings is 1. The van der Waals surface area contributed by atoms with Gasteiger partial charge in [0, 0.05) is 46.9 Å². The highest BCUT2D eigenvalue weighted by Crippen LogP contribution is 2.49. The molecule has 2 aromatic carbocycles. The molecule has 0 saturated heterocycles. The average Bonchev–Trinajstić information content (AvgIpc) is 2.88. The molecule has 1 unspecified atom stereocenters. The summed E-state index contributed by atoms with van der Waals surface area (Å²) in [6.07, 6.45) is 3.96. The van der Waals surface area contributed by atoms with E-state index in [0.717, 1.165) is 43.1 Å². The average molecular weight is 474 g/mol. The zero-order valence-electron chi connectivity index (χ0n) is 17.8. The van der Waals surface area contributed by atoms with E-state index in [0.29, 0.717) is 17.2 Å². The fourth-order valence-electron chi connectivity index (χ4n) is 3.42. The van der Waals surface area contributed by atoms with Gasteiger partial charge in [0.2, 0.25) is 0 Å². The summed E-state index contributed by atoms with van der Waals surface area (Å²) in [5, 5.41) is 20.3. The molecule has 0 aliphatic rings. The second-order valence-corrected chi connectivity index (χ2v) is 7.41. The number of rotatable bonds is 4. The summed E-state index contributed by atoms with van der Waals surface area (Å²) >= 11 is 0. The summed E-state index contributed by atoms with van der Waals surface area (Å²) in [5.41, 5.74) is -4.33. The monoisotopic (exact) mass is 474 g/mol. The first kappa shape index (κ1) is 23.6. The summed E-state index contributed by atoms with van der Waals surface area (Å²) < 4.78 is 59.7. The number of nitriles is 1. The maximum Gasteiger partial charge on any atom is 0.326 e. The highest BCUT2D eigenvalue weighted by atomic mass is 19.3. The van der Waals surface area contributed by atoms with Gasteiger partial charge in [0.15, 0.2) is 5.60 Å². The van der Waals surface area contributed by atoms with E-state index in [4.69, 9.17) is 5.26 Å². The highest BCUT2D eigenvalue weighted by Gasteiger charge is 2.58. The van der Waals surface area contributed by atoms with Gasteiger partial charge in [-0.2, -0.15) is 14.0 Å². The Morgan fingerprint density at radius 2 is 1.54 bits per heavy atom. The SMILES string of the molecule is N#Cc1cccc(C#Cc2ccc(C(F)(F)C(O)(c3cncnc3)c3ccc(F)cc3F)nc2)c1. The van der Waals surface area contributed by atoms with Gasteiger partial charge in [0.05, 0.1) is 11.6 Å². The number of halogens is 4. The van der Waals surface area contributed by atoms with E-state index >= 15 is 8.78 Å². The zero-order valence-corrected chi connectivity index (χ0v) is 17.8. The van der Waals surface area contributed by atoms with Gasteiger partial charge >= 0.3 is 5.92 Å². The minimum absolute atomic E-state index is 0.284. The highest BCUT2D eigenvalue weighted by molar-refractivity contribution is 5.46. The van der Waals surface area contributed by atoms with Gasteiger partial charge < -0.3 is 5.11 Å². The van der Waals surface area contributed by atoms with Gasteiger partial charge in [-0.3, -0.25) is 4.98 Å². The van der Waals surface area contributed by atoms with Gasteiger partial charge in [-0.15, -0.1) is 0 Å². The zero-order chi connectivity index (χ0) is 25.1. The van der Waals surface area contributed by atoms with Crippen LogP contribution >= 0.6 is 0 Å². The number of hydrogen-bond donors (Lipinski definition) is 1. The minimum atomic E-state index is -4.19. The summed E-state index contributed by atoms with van der Waals surface area (Å²) in [6, 6.07) is 12.6. The predicted octanol–water partition coefficient (Wildman–Crippen LogP) is 4.45. The molecule has 0 spiro atoms. The van der Waals surface area contributed by atoms with E-state index in [9.17, 15) is 13.9 Å². The van der Waals surface area contributed by atoms with Gasteiger partial charge in [-0.1, -0.05) is 17.9 Å². The molecular weight excluding hydrogens is 460 g/mol. The molecule has 0 saturated carbocycles. The topological polar surface area (TPSA) is 82.7 Å². The van der Waals surface area contributed by atoms with Crippen LogP contribution < -0.4 is 0 Å². The van der Waals surface area contributed by atoms with Crippen LogP contribution in [0, 0.1) is 34.8 Å². The first-order valence-corrected chi connectivity index (χ1v) is 10.1. The van der Waals surface area contributed by atoms with Crippen LogP contribution in [0.3, 0.4) is 0 Å². The minimum Gasteiger partial charge on any atom is -0.374 e. The number of alkyl halides is 2. The van der Waals surface area contributed by atoms with Gasteiger partial charge in [0.25, 0.3) is 0 Å². The van der Waals surface area contributed by atoms with Gasteiger partial charge in [0.1, 0.15) is 23.7 Å². The van der Waals surface area contributed by atoms with Crippen molar-refractivity contribution in [2.45, 2.75) is 11.5 Å². The van der Waals surface area contributed by atoms with E-state index in [1.807, 2.05) is 6.07 Å². The third-order valence-corrected chi connectivity index (χ3v) is 5.18. The smallest absolute Gasteiger partial charge is 0.326 e. The Hall–Kier alpha value is -4.60. The molecule has 5 nitrogen and oxygen atoms in total. The van der Waals surface area contributed by atoms with Gasteiger partial charge in [-0.05, 0) is 42.5 Å². The van der Waals surface area contributed by atoms with Crippen LogP contribution in [-0.4, -0.2) is 20.1 Å². The van der Waals surface area contributed by atoms with E-state index in [1.54, 1.807) is 24.3 Å². The Labute approximate surface area is 197 Å². The Morgan fingerprint density at radius 1 is 0.829 bits per heavy atom. The van der Waals surface area contributed by atoms with Crippen LogP contribution in [0.25, 0.3) is 0 Å². The second kappa shape index (κ2) is 9.34. The van der Waals surface area contributed by atoms with Crippen LogP contribution in [0.1, 0.15) is 33.5 Å². The summed E-state index contributed by atoms with van der Waals surface area (Å²) in [5.74, 6) is -0.999. The summed E-state index contributed by atoms with van der Waals surface area (Å²) in [6.45, 7) is 0. The van der Waals surface area contributed by atoms with Crippen LogP contribution in [0.2, 0.25) is 0 Å². The Kier molecular flexibility index (Phi) is 6.28. The van der Waals surface area contributed by atoms with Crippen molar-refractivity contribution < 1.29 is 22.7 Å². The number of aromatic nitrogens is 3. The number of nitrogens with zero attached hydrogens (tertiary/aromatic N) is 4. The van der Waals surface area contributed by atoms with Crippen LogP contribution in [0.4, 0.5) is 17.6 Å². The lowest BCUT2D eigenvalue weighted by Gasteiger charge is -2.36. The third kappa shape index (κ3) is 4.45. The first-order valence-electron chi connectivity index (χ1n) is 10.1. The predicted molar refractivity (Wildman–Crippen MR) is 117 cm³/mol. The number of hydrogen-bond acceptors (Lipinski definition) is 5. The van der Waals surface area contributed by atoms with Crippen molar-refractivity contribution in [3.63, 3.8) is 0 Å². The lowest BCUT2D eigenvalue weighted by Crippen LogP contribution is -2.45. The van der Waals surface area contributed by atoms with Crippen molar-refractivity contribution in [3.8, 4) is 17.9 Å². The normalized spacial score (nSPS) is 12.7. The number of aliphatic hydroxyl groups is 1. The molecule has 0 aliphatic carbocycles. The van der Waals surface area contributed by atoms with Crippen molar-refractivity contribution in [1.82, 2.24) is 15.0 Å². The van der Waals surface area contributed by atoms with E-state index in [-0.39, 0.29) is 5.56 Å². The van der Waals surface area contributed by atoms with Crippen molar-refractivity contribution in [3.05, 3.63) is 125 Å². The molecule has 0 aliphatic heterocycles. The number of benzene rings is 2. The maximum absolute atomic E-state index is 15.8. The van der Waals surface area contributed by atoms with E-state index in [2.05, 4.69) is 26.8 Å². The van der Waals surface area contributed by atoms with Gasteiger partial charge in [-0.25, -0.2) is 18.7 Å². The Morgan fingerprint density at radius 3 is 2.20 bits per heavy atom. The quantitative estimate of drug-likeness (QED) is 0.349. The fourth-order valence-corrected chi connectivity index (χ4v) is 3.42. The molecule has 0 radical (unpaired) electrons. The molecule has 0 amide bonds. The molecule has 35 heavy (non-hydrogen) atoms. The van der Waals surface area contributed by atoms with Crippen molar-refractivity contribution >= 4 is 0 Å². The second-order valence-electron chi connectivity index (χ2n) is 7.41. The maximum atomic E-state index is 15.8. The Balaban J connectivity index is 1.76. The standard InChI is InChI=1S/C26H14F4N4O/c27-21-7-8-22(23(28)11-21)25(35,20-14-32-16-33-15-20)26(29,30)24-9-6-18(13-34-24)5-4-17-2-1-3-19(10-17)12-31/h1-3,6-11,13-16,35H. The Bertz CT molecular complexity index is 1480. The molecule has 1 N–H and O–H groups in total. The lowest BCUT2D eigenvalue weighted by molar-refractivity contribution is -0.175. The largest absolute Gasteiger partial charge is 0.374 e. The lowest BCUT2D eigenvalue weighted by atomic mass is 9.80. The van der Waals surface area contributed by atoms with Crippen LogP contribution in [-0.2, 0) is 11.5 Å². The molecular formula is C26H14F4N4O. The third-order valence-electron chi connectivity index (χ3n) is 5.18. The molecule has 2 heterocycles. The molecule has 172 valence electrons. The molecule has 1 atom stereocenters. The molecule has 0 fully saturated rings. The van der Waals surface area contributed by atoms with Crippen molar-refractivity contribution in [2.24, 2.45) is 0 Å². The van der Waals surface area contributed by atoms with Crippen LogP contribution in [0.5, 0.6) is 0 Å². The van der Waals surface area contributed by atoms with E-state index in [1.165, 1.54) is 6.07 Å². The van der Waals surface area contributed by atoms with Crippen molar-refractivity contribution in [1.29, 1.82) is 5.26 Å². The molecule has 0 bridgehead atoms. The van der Waals surface area contributed by atoms with Crippen LogP contribution in [0.15, 0.2) is 79.5 Å². The molecule has 2 aromatic heterocycles. The molecule has 4 aromatic rings. The molecule has 9 heteroatoms. The van der Waals surface area contributed by atoms with Crippen molar-refractivity contribution in [2.75, 3.05) is 0 Å². The fraction of sp³-hybridized carbons (Fsp3) is 0.0769.